The van der Waals surface area contributed by atoms with Crippen LogP contribution in [0.1, 0.15) is 31.9 Å². The summed E-state index contributed by atoms with van der Waals surface area (Å²) in [6.07, 6.45) is 1.03. The molecule has 1 fully saturated rings. The van der Waals surface area contributed by atoms with Gasteiger partial charge in [0.15, 0.2) is 0 Å². The van der Waals surface area contributed by atoms with Crippen LogP contribution in [-0.4, -0.2) is 56.2 Å². The van der Waals surface area contributed by atoms with Gasteiger partial charge in [-0.1, -0.05) is 13.8 Å². The topological polar surface area (TPSA) is 48.7 Å². The number of likely N-dealkylation sites (N-methyl/N-ethyl adjacent to an activating group) is 1. The second-order valence-corrected chi connectivity index (χ2v) is 5.83. The molecule has 1 aromatic carbocycles. The van der Waals surface area contributed by atoms with Crippen molar-refractivity contribution >= 4 is 0 Å². The zero-order chi connectivity index (χ0) is 16.8. The Morgan fingerprint density at radius 2 is 2.04 bits per heavy atom. The van der Waals surface area contributed by atoms with E-state index in [1.807, 2.05) is 18.2 Å². The number of hydrogen-bond donors (Lipinski definition) is 0. The molecule has 2 rings (SSSR count). The molecule has 0 aliphatic carbocycles. The van der Waals surface area contributed by atoms with Crippen LogP contribution in [0.2, 0.25) is 0 Å². The van der Waals surface area contributed by atoms with Crippen LogP contribution in [0.4, 0.5) is 0 Å². The summed E-state index contributed by atoms with van der Waals surface area (Å²) in [6, 6.07) is 8.21. The fourth-order valence-corrected chi connectivity index (χ4v) is 3.30. The van der Waals surface area contributed by atoms with Crippen LogP contribution in [0, 0.1) is 11.3 Å². The summed E-state index contributed by atoms with van der Waals surface area (Å²) in [6.45, 7) is 8.34. The van der Waals surface area contributed by atoms with Gasteiger partial charge in [-0.25, -0.2) is 0 Å². The van der Waals surface area contributed by atoms with Crippen molar-refractivity contribution in [2.24, 2.45) is 0 Å². The number of ether oxygens (including phenoxy) is 2. The number of methoxy groups -OCH3 is 2. The first-order valence-electron chi connectivity index (χ1n) is 8.28. The summed E-state index contributed by atoms with van der Waals surface area (Å²) in [7, 11) is 3.29. The Balaban J connectivity index is 2.34. The predicted octanol–water partition coefficient (Wildman–Crippen LogP) is 2.68. The van der Waals surface area contributed by atoms with Gasteiger partial charge in [0.25, 0.3) is 0 Å². The minimum Gasteiger partial charge on any atom is -0.497 e. The molecule has 23 heavy (non-hydrogen) atoms. The molecule has 1 aliphatic heterocycles. The van der Waals surface area contributed by atoms with Gasteiger partial charge in [-0.3, -0.25) is 4.90 Å². The van der Waals surface area contributed by atoms with E-state index >= 15 is 0 Å². The molecule has 126 valence electrons. The van der Waals surface area contributed by atoms with Crippen LogP contribution >= 0.6 is 0 Å². The van der Waals surface area contributed by atoms with Crippen molar-refractivity contribution < 1.29 is 9.47 Å². The monoisotopic (exact) mass is 317 g/mol. The highest BCUT2D eigenvalue weighted by Crippen LogP contribution is 2.34. The number of nitrogens with zero attached hydrogens (tertiary/aromatic N) is 3. The lowest BCUT2D eigenvalue weighted by Crippen LogP contribution is -2.53. The largest absolute Gasteiger partial charge is 0.497 e. The molecule has 0 radical (unpaired) electrons. The first kappa shape index (κ1) is 17.6. The Morgan fingerprint density at radius 1 is 1.26 bits per heavy atom. The van der Waals surface area contributed by atoms with Gasteiger partial charge >= 0.3 is 0 Å². The molecule has 1 saturated heterocycles. The number of piperazine rings is 1. The smallest absolute Gasteiger partial charge is 0.127 e. The summed E-state index contributed by atoms with van der Waals surface area (Å²) in [4.78, 5) is 4.76. The van der Waals surface area contributed by atoms with Crippen molar-refractivity contribution in [3.05, 3.63) is 23.8 Å². The van der Waals surface area contributed by atoms with Crippen LogP contribution < -0.4 is 9.47 Å². The van der Waals surface area contributed by atoms with Crippen molar-refractivity contribution in [1.82, 2.24) is 9.80 Å². The van der Waals surface area contributed by atoms with E-state index in [4.69, 9.17) is 9.47 Å². The van der Waals surface area contributed by atoms with Crippen molar-refractivity contribution in [3.8, 4) is 17.6 Å². The second kappa shape index (κ2) is 8.19. The average molecular weight is 317 g/mol. The predicted molar refractivity (Wildman–Crippen MR) is 90.8 cm³/mol. The fourth-order valence-electron chi connectivity index (χ4n) is 3.30. The molecule has 0 spiro atoms. The van der Waals surface area contributed by atoms with Gasteiger partial charge < -0.3 is 14.4 Å². The first-order chi connectivity index (χ1) is 11.2. The Bertz CT molecular complexity index is 556. The number of hydrogen-bond acceptors (Lipinski definition) is 5. The Hall–Kier alpha value is -1.77. The van der Waals surface area contributed by atoms with E-state index in [1.54, 1.807) is 14.2 Å². The van der Waals surface area contributed by atoms with Crippen molar-refractivity contribution in [3.63, 3.8) is 0 Å². The zero-order valence-electron chi connectivity index (χ0n) is 14.6. The SMILES string of the molecule is CCC1CN(CC)CCN1C(C#N)c1cc(OC)ccc1OC. The minimum absolute atomic E-state index is 0.316. The third-order valence-corrected chi connectivity index (χ3v) is 4.72. The normalized spacial score (nSPS) is 20.7. The first-order valence-corrected chi connectivity index (χ1v) is 8.28. The van der Waals surface area contributed by atoms with Crippen molar-refractivity contribution in [1.29, 1.82) is 5.26 Å². The molecule has 0 amide bonds. The number of nitriles is 1. The van der Waals surface area contributed by atoms with Gasteiger partial charge in [0, 0.05) is 31.2 Å². The molecule has 0 aromatic heterocycles. The molecule has 2 atom stereocenters. The molecular formula is C18H27N3O2. The third kappa shape index (κ3) is 3.77. The molecule has 1 heterocycles. The summed E-state index contributed by atoms with van der Waals surface area (Å²) in [5, 5.41) is 9.85. The van der Waals surface area contributed by atoms with Gasteiger partial charge in [-0.2, -0.15) is 5.26 Å². The summed E-state index contributed by atoms with van der Waals surface area (Å²) < 4.78 is 10.8. The molecule has 5 nitrogen and oxygen atoms in total. The molecule has 1 aromatic rings. The number of rotatable bonds is 6. The van der Waals surface area contributed by atoms with Crippen LogP contribution in [0.15, 0.2) is 18.2 Å². The Labute approximate surface area is 139 Å². The highest BCUT2D eigenvalue weighted by molar-refractivity contribution is 5.44. The van der Waals surface area contributed by atoms with E-state index < -0.39 is 0 Å². The van der Waals surface area contributed by atoms with Crippen LogP contribution in [0.3, 0.4) is 0 Å². The zero-order valence-corrected chi connectivity index (χ0v) is 14.6. The summed E-state index contributed by atoms with van der Waals surface area (Å²) >= 11 is 0. The third-order valence-electron chi connectivity index (χ3n) is 4.72. The maximum atomic E-state index is 9.85. The standard InChI is InChI=1S/C18H27N3O2/c1-5-14-13-20(6-2)9-10-21(14)17(12-19)16-11-15(22-3)7-8-18(16)23-4/h7-8,11,14,17H,5-6,9-10,13H2,1-4H3. The molecule has 2 unspecified atom stereocenters. The summed E-state index contributed by atoms with van der Waals surface area (Å²) in [5.74, 6) is 1.49. The van der Waals surface area contributed by atoms with Gasteiger partial charge in [0.2, 0.25) is 0 Å². The van der Waals surface area contributed by atoms with E-state index in [2.05, 4.69) is 29.7 Å². The van der Waals surface area contributed by atoms with Crippen molar-refractivity contribution in [2.45, 2.75) is 32.4 Å². The van der Waals surface area contributed by atoms with Crippen molar-refractivity contribution in [2.75, 3.05) is 40.4 Å². The molecule has 1 aliphatic rings. The molecular weight excluding hydrogens is 290 g/mol. The molecule has 5 heteroatoms. The van der Waals surface area contributed by atoms with Crippen LogP contribution in [0.5, 0.6) is 11.5 Å². The fraction of sp³-hybridized carbons (Fsp3) is 0.611. The van der Waals surface area contributed by atoms with Crippen LogP contribution in [0.25, 0.3) is 0 Å². The lowest BCUT2D eigenvalue weighted by molar-refractivity contribution is 0.0562. The van der Waals surface area contributed by atoms with Gasteiger partial charge in [0.1, 0.15) is 17.5 Å². The van der Waals surface area contributed by atoms with Gasteiger partial charge in [0.05, 0.1) is 20.3 Å². The lowest BCUT2D eigenvalue weighted by Gasteiger charge is -2.43. The van der Waals surface area contributed by atoms with E-state index in [9.17, 15) is 5.26 Å². The summed E-state index contributed by atoms with van der Waals surface area (Å²) in [5.41, 5.74) is 0.887. The van der Waals surface area contributed by atoms with E-state index in [-0.39, 0.29) is 6.04 Å². The average Bonchev–Trinajstić information content (AvgIpc) is 2.62. The van der Waals surface area contributed by atoms with E-state index in [0.717, 1.165) is 49.7 Å². The maximum Gasteiger partial charge on any atom is 0.127 e. The molecule has 0 saturated carbocycles. The minimum atomic E-state index is -0.316. The van der Waals surface area contributed by atoms with Crippen LogP contribution in [-0.2, 0) is 0 Å². The highest BCUT2D eigenvalue weighted by atomic mass is 16.5. The second-order valence-electron chi connectivity index (χ2n) is 5.83. The maximum absolute atomic E-state index is 9.85. The lowest BCUT2D eigenvalue weighted by atomic mass is 9.99. The van der Waals surface area contributed by atoms with Gasteiger partial charge in [-0.05, 0) is 31.2 Å². The quantitative estimate of drug-likeness (QED) is 0.807. The van der Waals surface area contributed by atoms with E-state index in [1.165, 1.54) is 0 Å². The number of benzene rings is 1. The Kier molecular flexibility index (Phi) is 6.26. The van der Waals surface area contributed by atoms with E-state index in [0.29, 0.717) is 6.04 Å². The van der Waals surface area contributed by atoms with Gasteiger partial charge in [-0.15, -0.1) is 0 Å². The molecule has 0 N–H and O–H groups in total. The Morgan fingerprint density at radius 3 is 2.61 bits per heavy atom. The molecule has 0 bridgehead atoms. The highest BCUT2D eigenvalue weighted by Gasteiger charge is 2.33.